The molecule has 1 heterocycles. The largest absolute Gasteiger partial charge is 0.352 e. The van der Waals surface area contributed by atoms with Gasteiger partial charge in [-0.25, -0.2) is 0 Å². The van der Waals surface area contributed by atoms with Gasteiger partial charge in [0.25, 0.3) is 0 Å². The van der Waals surface area contributed by atoms with E-state index in [1.807, 2.05) is 0 Å². The Morgan fingerprint density at radius 2 is 2.23 bits per heavy atom. The van der Waals surface area contributed by atoms with Gasteiger partial charge in [-0.1, -0.05) is 32.8 Å². The van der Waals surface area contributed by atoms with Gasteiger partial charge in [0.05, 0.1) is 13.2 Å². The van der Waals surface area contributed by atoms with E-state index in [1.54, 1.807) is 6.08 Å². The number of ether oxygens (including phenoxy) is 2. The van der Waals surface area contributed by atoms with E-state index in [0.29, 0.717) is 12.5 Å². The molecule has 1 aliphatic rings. The van der Waals surface area contributed by atoms with Crippen molar-refractivity contribution < 1.29 is 9.47 Å². The fourth-order valence-electron chi connectivity index (χ4n) is 1.87. The predicted molar refractivity (Wildman–Crippen MR) is 53.5 cm³/mol. The highest BCUT2D eigenvalue weighted by molar-refractivity contribution is 4.79. The minimum Gasteiger partial charge on any atom is -0.352 e. The monoisotopic (exact) mass is 184 g/mol. The molecule has 1 rings (SSSR count). The average Bonchev–Trinajstić information content (AvgIpc) is 2.12. The van der Waals surface area contributed by atoms with Crippen LogP contribution in [-0.4, -0.2) is 19.5 Å². The summed E-state index contributed by atoms with van der Waals surface area (Å²) in [6, 6.07) is 0. The van der Waals surface area contributed by atoms with E-state index in [0.717, 1.165) is 12.5 Å². The maximum atomic E-state index is 5.48. The standard InChI is InChI=1S/C11H20O2/c1-4-7-12-11-10(8-13-11)9(5-2)6-3/h4,9-11H,1,5-8H2,2-3H3. The quantitative estimate of drug-likeness (QED) is 0.591. The zero-order valence-corrected chi connectivity index (χ0v) is 8.66. The third kappa shape index (κ3) is 2.55. The van der Waals surface area contributed by atoms with Crippen molar-refractivity contribution in [2.45, 2.75) is 33.0 Å². The molecule has 0 aromatic carbocycles. The smallest absolute Gasteiger partial charge is 0.163 e. The Bertz CT molecular complexity index is 152. The highest BCUT2D eigenvalue weighted by Crippen LogP contribution is 2.32. The SMILES string of the molecule is C=CCOC1OCC1C(CC)CC. The Kier molecular flexibility index (Phi) is 4.46. The Morgan fingerprint density at radius 3 is 2.62 bits per heavy atom. The molecular formula is C11H20O2. The van der Waals surface area contributed by atoms with E-state index in [9.17, 15) is 0 Å². The van der Waals surface area contributed by atoms with Crippen LogP contribution >= 0.6 is 0 Å². The molecule has 1 aliphatic heterocycles. The number of rotatable bonds is 6. The molecule has 0 amide bonds. The van der Waals surface area contributed by atoms with Crippen LogP contribution in [-0.2, 0) is 9.47 Å². The summed E-state index contributed by atoms with van der Waals surface area (Å²) in [5.74, 6) is 1.36. The summed E-state index contributed by atoms with van der Waals surface area (Å²) in [4.78, 5) is 0. The predicted octanol–water partition coefficient (Wildman–Crippen LogP) is 2.60. The van der Waals surface area contributed by atoms with Crippen LogP contribution in [0.1, 0.15) is 26.7 Å². The van der Waals surface area contributed by atoms with Crippen LogP contribution < -0.4 is 0 Å². The zero-order chi connectivity index (χ0) is 9.68. The second-order valence-corrected chi connectivity index (χ2v) is 3.56. The van der Waals surface area contributed by atoms with E-state index in [2.05, 4.69) is 20.4 Å². The van der Waals surface area contributed by atoms with Gasteiger partial charge in [-0.05, 0) is 5.92 Å². The fourth-order valence-corrected chi connectivity index (χ4v) is 1.87. The number of hydrogen-bond donors (Lipinski definition) is 0. The first-order valence-electron chi connectivity index (χ1n) is 5.17. The van der Waals surface area contributed by atoms with Crippen molar-refractivity contribution in [3.63, 3.8) is 0 Å². The van der Waals surface area contributed by atoms with Gasteiger partial charge in [0, 0.05) is 5.92 Å². The van der Waals surface area contributed by atoms with E-state index in [-0.39, 0.29) is 6.29 Å². The van der Waals surface area contributed by atoms with Crippen LogP contribution in [0.4, 0.5) is 0 Å². The fraction of sp³-hybridized carbons (Fsp3) is 0.818. The van der Waals surface area contributed by atoms with Gasteiger partial charge in [0.1, 0.15) is 0 Å². The Balaban J connectivity index is 2.29. The molecule has 76 valence electrons. The van der Waals surface area contributed by atoms with E-state index in [1.165, 1.54) is 12.8 Å². The molecule has 2 unspecified atom stereocenters. The van der Waals surface area contributed by atoms with Gasteiger partial charge in [-0.2, -0.15) is 0 Å². The molecule has 2 nitrogen and oxygen atoms in total. The van der Waals surface area contributed by atoms with Crippen LogP contribution in [0.3, 0.4) is 0 Å². The van der Waals surface area contributed by atoms with Crippen LogP contribution in [0.15, 0.2) is 12.7 Å². The normalized spacial score (nSPS) is 27.3. The second kappa shape index (κ2) is 5.40. The topological polar surface area (TPSA) is 18.5 Å². The third-order valence-corrected chi connectivity index (χ3v) is 2.84. The van der Waals surface area contributed by atoms with E-state index < -0.39 is 0 Å². The molecule has 0 N–H and O–H groups in total. The first kappa shape index (κ1) is 10.7. The Morgan fingerprint density at radius 1 is 1.54 bits per heavy atom. The van der Waals surface area contributed by atoms with Crippen molar-refractivity contribution in [2.75, 3.05) is 13.2 Å². The summed E-state index contributed by atoms with van der Waals surface area (Å²) in [5.41, 5.74) is 0. The van der Waals surface area contributed by atoms with Crippen molar-refractivity contribution in [2.24, 2.45) is 11.8 Å². The Hall–Kier alpha value is -0.340. The van der Waals surface area contributed by atoms with Crippen molar-refractivity contribution >= 4 is 0 Å². The van der Waals surface area contributed by atoms with Crippen molar-refractivity contribution in [3.05, 3.63) is 12.7 Å². The average molecular weight is 184 g/mol. The highest BCUT2D eigenvalue weighted by Gasteiger charge is 2.37. The molecule has 0 bridgehead atoms. The van der Waals surface area contributed by atoms with Gasteiger partial charge < -0.3 is 9.47 Å². The van der Waals surface area contributed by atoms with Crippen LogP contribution in [0.2, 0.25) is 0 Å². The minimum atomic E-state index is 0.0305. The van der Waals surface area contributed by atoms with Gasteiger partial charge in [0.15, 0.2) is 6.29 Å². The summed E-state index contributed by atoms with van der Waals surface area (Å²) in [6.45, 7) is 9.55. The molecule has 0 radical (unpaired) electrons. The lowest BCUT2D eigenvalue weighted by molar-refractivity contribution is -0.268. The van der Waals surface area contributed by atoms with Gasteiger partial charge in [-0.3, -0.25) is 0 Å². The Labute approximate surface area is 80.9 Å². The zero-order valence-electron chi connectivity index (χ0n) is 8.66. The maximum Gasteiger partial charge on any atom is 0.163 e. The molecule has 0 aliphatic carbocycles. The van der Waals surface area contributed by atoms with E-state index >= 15 is 0 Å². The van der Waals surface area contributed by atoms with Crippen LogP contribution in [0, 0.1) is 11.8 Å². The summed E-state index contributed by atoms with van der Waals surface area (Å²) in [7, 11) is 0. The molecule has 0 aromatic heterocycles. The molecule has 13 heavy (non-hydrogen) atoms. The molecule has 1 fully saturated rings. The first-order valence-corrected chi connectivity index (χ1v) is 5.17. The lowest BCUT2D eigenvalue weighted by Gasteiger charge is -2.40. The second-order valence-electron chi connectivity index (χ2n) is 3.56. The van der Waals surface area contributed by atoms with Gasteiger partial charge in [0.2, 0.25) is 0 Å². The molecule has 2 heteroatoms. The van der Waals surface area contributed by atoms with Gasteiger partial charge in [-0.15, -0.1) is 6.58 Å². The molecular weight excluding hydrogens is 164 g/mol. The lowest BCUT2D eigenvalue weighted by Crippen LogP contribution is -2.45. The molecule has 0 saturated carbocycles. The third-order valence-electron chi connectivity index (χ3n) is 2.84. The minimum absolute atomic E-state index is 0.0305. The summed E-state index contributed by atoms with van der Waals surface area (Å²) in [6.07, 6.45) is 4.24. The van der Waals surface area contributed by atoms with E-state index in [4.69, 9.17) is 9.47 Å². The summed E-state index contributed by atoms with van der Waals surface area (Å²) in [5, 5.41) is 0. The molecule has 0 aromatic rings. The van der Waals surface area contributed by atoms with Crippen molar-refractivity contribution in [3.8, 4) is 0 Å². The molecule has 1 saturated heterocycles. The maximum absolute atomic E-state index is 5.48. The molecule has 0 spiro atoms. The van der Waals surface area contributed by atoms with Gasteiger partial charge >= 0.3 is 0 Å². The lowest BCUT2D eigenvalue weighted by atomic mass is 9.85. The molecule has 2 atom stereocenters. The van der Waals surface area contributed by atoms with Crippen LogP contribution in [0.5, 0.6) is 0 Å². The highest BCUT2D eigenvalue weighted by atomic mass is 16.7. The number of hydrogen-bond acceptors (Lipinski definition) is 2. The first-order chi connectivity index (χ1) is 6.33. The summed E-state index contributed by atoms with van der Waals surface area (Å²) >= 11 is 0. The summed E-state index contributed by atoms with van der Waals surface area (Å²) < 4.78 is 10.8. The van der Waals surface area contributed by atoms with Crippen LogP contribution in [0.25, 0.3) is 0 Å². The van der Waals surface area contributed by atoms with Crippen molar-refractivity contribution in [1.29, 1.82) is 0 Å². The van der Waals surface area contributed by atoms with Crippen molar-refractivity contribution in [1.82, 2.24) is 0 Å².